The third kappa shape index (κ3) is 2.77. The Kier molecular flexibility index (Phi) is 4.01. The molecule has 3 rings (SSSR count). The van der Waals surface area contributed by atoms with Gasteiger partial charge in [-0.25, -0.2) is 19.7 Å². The standard InChI is InChI=1S/C14H17N5O3/c1-2-21-11(20)6-4-9-3-5-10(22-9)19-8-18-12-13(15)16-7-17-14(12)19/h4,6-10H,2-3,5H2,1H3,(H2,15,16,17)/b6-4+. The van der Waals surface area contributed by atoms with Gasteiger partial charge < -0.3 is 15.2 Å². The summed E-state index contributed by atoms with van der Waals surface area (Å²) in [6, 6.07) is 0. The van der Waals surface area contributed by atoms with Crippen LogP contribution in [-0.2, 0) is 14.3 Å². The van der Waals surface area contributed by atoms with Gasteiger partial charge in [-0.05, 0) is 25.8 Å². The van der Waals surface area contributed by atoms with E-state index in [-0.39, 0.29) is 18.3 Å². The Morgan fingerprint density at radius 2 is 2.36 bits per heavy atom. The second-order valence-corrected chi connectivity index (χ2v) is 4.90. The molecule has 0 saturated carbocycles. The van der Waals surface area contributed by atoms with Gasteiger partial charge in [0.15, 0.2) is 11.5 Å². The van der Waals surface area contributed by atoms with Gasteiger partial charge in [0.1, 0.15) is 18.1 Å². The minimum absolute atomic E-state index is 0.133. The van der Waals surface area contributed by atoms with E-state index < -0.39 is 0 Å². The highest BCUT2D eigenvalue weighted by Crippen LogP contribution is 2.31. The quantitative estimate of drug-likeness (QED) is 0.668. The van der Waals surface area contributed by atoms with E-state index >= 15 is 0 Å². The highest BCUT2D eigenvalue weighted by molar-refractivity contribution is 5.82. The van der Waals surface area contributed by atoms with Crippen LogP contribution in [0, 0.1) is 0 Å². The second kappa shape index (κ2) is 6.10. The molecule has 0 amide bonds. The molecular weight excluding hydrogens is 286 g/mol. The number of aromatic nitrogens is 4. The van der Waals surface area contributed by atoms with E-state index in [2.05, 4.69) is 15.0 Å². The van der Waals surface area contributed by atoms with Crippen LogP contribution >= 0.6 is 0 Å². The van der Waals surface area contributed by atoms with Crippen molar-refractivity contribution in [3.8, 4) is 0 Å². The molecule has 2 unspecified atom stereocenters. The van der Waals surface area contributed by atoms with Crippen molar-refractivity contribution in [1.82, 2.24) is 19.5 Å². The lowest BCUT2D eigenvalue weighted by Gasteiger charge is -2.13. The number of nitrogen functional groups attached to an aromatic ring is 1. The maximum atomic E-state index is 11.3. The van der Waals surface area contributed by atoms with E-state index in [4.69, 9.17) is 15.2 Å². The van der Waals surface area contributed by atoms with Crippen molar-refractivity contribution in [1.29, 1.82) is 0 Å². The van der Waals surface area contributed by atoms with Crippen LogP contribution in [-0.4, -0.2) is 38.2 Å². The van der Waals surface area contributed by atoms with Gasteiger partial charge in [-0.1, -0.05) is 0 Å². The van der Waals surface area contributed by atoms with Gasteiger partial charge in [-0.15, -0.1) is 0 Å². The number of nitrogens with two attached hydrogens (primary N) is 1. The molecule has 0 aromatic carbocycles. The molecule has 8 nitrogen and oxygen atoms in total. The van der Waals surface area contributed by atoms with Gasteiger partial charge in [-0.2, -0.15) is 0 Å². The van der Waals surface area contributed by atoms with Gasteiger partial charge in [-0.3, -0.25) is 4.57 Å². The summed E-state index contributed by atoms with van der Waals surface area (Å²) in [7, 11) is 0. The zero-order chi connectivity index (χ0) is 15.5. The van der Waals surface area contributed by atoms with Gasteiger partial charge in [0.2, 0.25) is 0 Å². The highest BCUT2D eigenvalue weighted by atomic mass is 16.5. The van der Waals surface area contributed by atoms with Crippen molar-refractivity contribution >= 4 is 23.0 Å². The van der Waals surface area contributed by atoms with Gasteiger partial charge in [0, 0.05) is 6.08 Å². The number of carbonyl (C=O) groups excluding carboxylic acids is 1. The van der Waals surface area contributed by atoms with Gasteiger partial charge >= 0.3 is 5.97 Å². The molecule has 0 bridgehead atoms. The number of esters is 1. The average Bonchev–Trinajstić information content (AvgIpc) is 3.12. The lowest BCUT2D eigenvalue weighted by atomic mass is 10.2. The predicted molar refractivity (Wildman–Crippen MR) is 78.7 cm³/mol. The second-order valence-electron chi connectivity index (χ2n) is 4.90. The molecule has 0 spiro atoms. The lowest BCUT2D eigenvalue weighted by molar-refractivity contribution is -0.137. The summed E-state index contributed by atoms with van der Waals surface area (Å²) >= 11 is 0. The summed E-state index contributed by atoms with van der Waals surface area (Å²) in [5.41, 5.74) is 6.99. The molecule has 1 fully saturated rings. The number of anilines is 1. The van der Waals surface area contributed by atoms with Crippen molar-refractivity contribution in [2.75, 3.05) is 12.3 Å². The first-order valence-electron chi connectivity index (χ1n) is 7.12. The molecule has 1 saturated heterocycles. The maximum absolute atomic E-state index is 11.3. The summed E-state index contributed by atoms with van der Waals surface area (Å²) in [6.45, 7) is 2.13. The Morgan fingerprint density at radius 1 is 1.50 bits per heavy atom. The Balaban J connectivity index is 1.72. The van der Waals surface area contributed by atoms with Gasteiger partial charge in [0.05, 0.1) is 19.0 Å². The van der Waals surface area contributed by atoms with E-state index in [1.54, 1.807) is 19.3 Å². The summed E-state index contributed by atoms with van der Waals surface area (Å²) in [5.74, 6) is -0.0105. The first-order chi connectivity index (χ1) is 10.7. The molecule has 8 heteroatoms. The highest BCUT2D eigenvalue weighted by Gasteiger charge is 2.26. The number of ether oxygens (including phenoxy) is 2. The van der Waals surface area contributed by atoms with Gasteiger partial charge in [0.25, 0.3) is 0 Å². The fourth-order valence-electron chi connectivity index (χ4n) is 2.45. The van der Waals surface area contributed by atoms with Crippen molar-refractivity contribution in [2.45, 2.75) is 32.1 Å². The molecule has 1 aliphatic rings. The Bertz CT molecular complexity index is 712. The fourth-order valence-corrected chi connectivity index (χ4v) is 2.45. The van der Waals surface area contributed by atoms with Crippen LogP contribution in [0.1, 0.15) is 26.0 Å². The first-order valence-corrected chi connectivity index (χ1v) is 7.12. The number of hydrogen-bond donors (Lipinski definition) is 1. The molecule has 3 heterocycles. The summed E-state index contributed by atoms with van der Waals surface area (Å²) < 4.78 is 12.6. The maximum Gasteiger partial charge on any atom is 0.330 e. The molecule has 0 radical (unpaired) electrons. The monoisotopic (exact) mass is 303 g/mol. The van der Waals surface area contributed by atoms with Crippen LogP contribution in [0.4, 0.5) is 5.82 Å². The van der Waals surface area contributed by atoms with E-state index in [1.165, 1.54) is 12.4 Å². The molecule has 2 N–H and O–H groups in total. The first kappa shape index (κ1) is 14.5. The normalized spacial score (nSPS) is 21.7. The number of rotatable bonds is 4. The van der Waals surface area contributed by atoms with Crippen LogP contribution < -0.4 is 5.73 Å². The Morgan fingerprint density at radius 3 is 3.18 bits per heavy atom. The number of fused-ring (bicyclic) bond motifs is 1. The van der Waals surface area contributed by atoms with Crippen LogP contribution in [0.15, 0.2) is 24.8 Å². The summed E-state index contributed by atoms with van der Waals surface area (Å²) in [4.78, 5) is 23.7. The number of imidazole rings is 1. The van der Waals surface area contributed by atoms with Crippen LogP contribution in [0.3, 0.4) is 0 Å². The van der Waals surface area contributed by atoms with Crippen LogP contribution in [0.25, 0.3) is 11.2 Å². The molecule has 22 heavy (non-hydrogen) atoms. The minimum Gasteiger partial charge on any atom is -0.463 e. The molecule has 2 aromatic rings. The van der Waals surface area contributed by atoms with E-state index in [9.17, 15) is 4.79 Å². The summed E-state index contributed by atoms with van der Waals surface area (Å²) in [6.07, 6.45) is 7.47. The Hall–Kier alpha value is -2.48. The fraction of sp³-hybridized carbons (Fsp3) is 0.429. The number of nitrogens with zero attached hydrogens (tertiary/aromatic N) is 4. The van der Waals surface area contributed by atoms with Crippen molar-refractivity contribution in [2.24, 2.45) is 0 Å². The van der Waals surface area contributed by atoms with Crippen molar-refractivity contribution < 1.29 is 14.3 Å². The van der Waals surface area contributed by atoms with Crippen molar-refractivity contribution in [3.05, 3.63) is 24.8 Å². The minimum atomic E-state index is -0.358. The molecule has 0 aliphatic carbocycles. The average molecular weight is 303 g/mol. The number of carbonyl (C=O) groups is 1. The molecule has 116 valence electrons. The van der Waals surface area contributed by atoms with Crippen LogP contribution in [0.2, 0.25) is 0 Å². The lowest BCUT2D eigenvalue weighted by Crippen LogP contribution is -2.10. The topological polar surface area (TPSA) is 105 Å². The zero-order valence-electron chi connectivity index (χ0n) is 12.2. The zero-order valence-corrected chi connectivity index (χ0v) is 12.2. The van der Waals surface area contributed by atoms with Crippen molar-refractivity contribution in [3.63, 3.8) is 0 Å². The van der Waals surface area contributed by atoms with E-state index in [1.807, 2.05) is 4.57 Å². The molecular formula is C14H17N5O3. The molecule has 2 aromatic heterocycles. The third-order valence-electron chi connectivity index (χ3n) is 3.46. The predicted octanol–water partition coefficient (Wildman–Crippen LogP) is 1.21. The summed E-state index contributed by atoms with van der Waals surface area (Å²) in [5, 5.41) is 0. The number of hydrogen-bond acceptors (Lipinski definition) is 7. The smallest absolute Gasteiger partial charge is 0.330 e. The third-order valence-corrected chi connectivity index (χ3v) is 3.46. The van der Waals surface area contributed by atoms with E-state index in [0.717, 1.165) is 12.8 Å². The van der Waals surface area contributed by atoms with Crippen LogP contribution in [0.5, 0.6) is 0 Å². The Labute approximate surface area is 127 Å². The largest absolute Gasteiger partial charge is 0.463 e. The SMILES string of the molecule is CCOC(=O)/C=C/C1CCC(n2cnc3c(N)ncnc32)O1. The van der Waals surface area contributed by atoms with E-state index in [0.29, 0.717) is 23.6 Å². The molecule has 2 atom stereocenters. The molecule has 1 aliphatic heterocycles.